The molecule has 0 aromatic heterocycles. The Morgan fingerprint density at radius 3 is 1.79 bits per heavy atom. The summed E-state index contributed by atoms with van der Waals surface area (Å²) in [5.74, 6) is -5.47. The van der Waals surface area contributed by atoms with Crippen LogP contribution in [-0.2, 0) is 24.1 Å². The van der Waals surface area contributed by atoms with Gasteiger partial charge in [0, 0.05) is 17.4 Å². The first-order valence-electron chi connectivity index (χ1n) is 12.7. The summed E-state index contributed by atoms with van der Waals surface area (Å²) in [6.45, 7) is -1.25. The first-order valence-corrected chi connectivity index (χ1v) is 14.7. The quantitative estimate of drug-likeness (QED) is 0.174. The normalized spacial score (nSPS) is 13.3. The van der Waals surface area contributed by atoms with Gasteiger partial charge in [0.05, 0.1) is 22.4 Å². The molecule has 12 heteroatoms. The molecule has 0 spiro atoms. The zero-order valence-electron chi connectivity index (χ0n) is 22.3. The van der Waals surface area contributed by atoms with Gasteiger partial charge in [-0.05, 0) is 24.6 Å². The number of carbonyl (C=O) groups excluding carboxylic acids is 6. The van der Waals surface area contributed by atoms with Crippen molar-refractivity contribution in [3.8, 4) is 0 Å². The Morgan fingerprint density at radius 2 is 1.24 bits per heavy atom. The number of amides is 2. The molecule has 3 aromatic rings. The lowest BCUT2D eigenvalue weighted by Gasteiger charge is -2.24. The molecule has 2 amide bonds. The van der Waals surface area contributed by atoms with Gasteiger partial charge in [0.15, 0.2) is 24.8 Å². The summed E-state index contributed by atoms with van der Waals surface area (Å²) in [5, 5.41) is 0. The molecule has 0 radical (unpaired) electrons. The molecule has 216 valence electrons. The molecule has 0 aliphatic carbocycles. The number of carbonyl (C=O) groups is 6. The van der Waals surface area contributed by atoms with E-state index in [1.54, 1.807) is 48.5 Å². The third-order valence-corrected chi connectivity index (χ3v) is 7.35. The third kappa shape index (κ3) is 7.02. The van der Waals surface area contributed by atoms with Crippen LogP contribution in [0.3, 0.4) is 0 Å². The van der Waals surface area contributed by atoms with E-state index in [0.29, 0.717) is 10.5 Å². The van der Waals surface area contributed by atoms with Crippen LogP contribution < -0.4 is 0 Å². The molecule has 1 aliphatic heterocycles. The van der Waals surface area contributed by atoms with E-state index in [4.69, 9.17) is 9.47 Å². The van der Waals surface area contributed by atoms with Crippen molar-refractivity contribution in [3.05, 3.63) is 107 Å². The number of hydrogen-bond acceptors (Lipinski definition) is 10. The maximum atomic E-state index is 13.3. The number of ether oxygens (including phenoxy) is 2. The number of nitrogens with zero attached hydrogens (tertiary/aromatic N) is 1. The second kappa shape index (κ2) is 12.7. The summed E-state index contributed by atoms with van der Waals surface area (Å²) in [4.78, 5) is 77.4. The highest BCUT2D eigenvalue weighted by Gasteiger charge is 2.44. The average Bonchev–Trinajstić information content (AvgIpc) is 3.23. The van der Waals surface area contributed by atoms with Crippen LogP contribution >= 0.6 is 0 Å². The van der Waals surface area contributed by atoms with Crippen LogP contribution in [0.5, 0.6) is 0 Å². The van der Waals surface area contributed by atoms with Gasteiger partial charge in [-0.25, -0.2) is 18.0 Å². The lowest BCUT2D eigenvalue weighted by molar-refractivity contribution is -0.147. The monoisotopic (exact) mass is 591 g/mol. The number of sulfone groups is 1. The Hall–Kier alpha value is -4.97. The topological polar surface area (TPSA) is 158 Å². The summed E-state index contributed by atoms with van der Waals surface area (Å²) in [6, 6.07) is 18.0. The molecule has 0 saturated heterocycles. The van der Waals surface area contributed by atoms with Gasteiger partial charge < -0.3 is 9.47 Å². The van der Waals surface area contributed by atoms with Gasteiger partial charge >= 0.3 is 11.9 Å². The number of rotatable bonds is 12. The van der Waals surface area contributed by atoms with Crippen LogP contribution in [-0.4, -0.2) is 79.9 Å². The highest BCUT2D eigenvalue weighted by Crippen LogP contribution is 2.28. The minimum Gasteiger partial charge on any atom is -0.456 e. The van der Waals surface area contributed by atoms with E-state index in [1.807, 2.05) is 0 Å². The van der Waals surface area contributed by atoms with Crippen LogP contribution in [0.25, 0.3) is 0 Å². The van der Waals surface area contributed by atoms with Crippen molar-refractivity contribution >= 4 is 45.2 Å². The molecule has 4 rings (SSSR count). The van der Waals surface area contributed by atoms with Gasteiger partial charge in [-0.2, -0.15) is 0 Å². The number of esters is 2. The van der Waals surface area contributed by atoms with E-state index < -0.39 is 76.6 Å². The van der Waals surface area contributed by atoms with Crippen molar-refractivity contribution in [1.82, 2.24) is 4.90 Å². The number of ketones is 2. The predicted octanol–water partition coefficient (Wildman–Crippen LogP) is 2.55. The molecule has 1 heterocycles. The molecular formula is C30H25NO10S. The summed E-state index contributed by atoms with van der Waals surface area (Å²) in [6.07, 6.45) is 0.455. The molecule has 11 nitrogen and oxygen atoms in total. The lowest BCUT2D eigenvalue weighted by Crippen LogP contribution is -2.46. The predicted molar refractivity (Wildman–Crippen MR) is 148 cm³/mol. The molecule has 1 atom stereocenters. The second-order valence-corrected chi connectivity index (χ2v) is 11.7. The SMILES string of the molecule is CS(=O)(=O)CC[C@H](C(=O)OCC(=O)c1ccccc1)N1C(=O)c2ccc(C(=O)OCC(=O)c3ccccc3)cc2C1=O. The standard InChI is InChI=1S/C30H25NO10S/c1-42(38,39)15-14-24(30(37)41-18-26(33)20-10-6-3-7-11-20)31-27(34)22-13-12-21(16-23(22)28(31)35)29(36)40-17-25(32)19-8-4-2-5-9-19/h2-13,16,24H,14-15,17-18H2,1H3/t24-/m1/s1. The molecule has 3 aromatic carbocycles. The minimum absolute atomic E-state index is 0.124. The van der Waals surface area contributed by atoms with Gasteiger partial charge in [0.2, 0.25) is 0 Å². The Labute approximate surface area is 241 Å². The van der Waals surface area contributed by atoms with Gasteiger partial charge in [-0.3, -0.25) is 24.1 Å². The molecule has 0 N–H and O–H groups in total. The fourth-order valence-corrected chi connectivity index (χ4v) is 4.86. The highest BCUT2D eigenvalue weighted by molar-refractivity contribution is 7.90. The first kappa shape index (κ1) is 30.0. The van der Waals surface area contributed by atoms with E-state index in [0.717, 1.165) is 12.3 Å². The largest absolute Gasteiger partial charge is 0.456 e. The lowest BCUT2D eigenvalue weighted by atomic mass is 10.1. The van der Waals surface area contributed by atoms with Crippen LogP contribution in [0.15, 0.2) is 78.9 Å². The van der Waals surface area contributed by atoms with E-state index in [9.17, 15) is 37.2 Å². The number of hydrogen-bond donors (Lipinski definition) is 0. The highest BCUT2D eigenvalue weighted by atomic mass is 32.2. The third-order valence-electron chi connectivity index (χ3n) is 6.37. The second-order valence-electron chi connectivity index (χ2n) is 9.44. The van der Waals surface area contributed by atoms with Crippen molar-refractivity contribution in [1.29, 1.82) is 0 Å². The molecule has 1 aliphatic rings. The van der Waals surface area contributed by atoms with Crippen molar-refractivity contribution in [2.24, 2.45) is 0 Å². The summed E-state index contributed by atoms with van der Waals surface area (Å²) < 4.78 is 33.9. The van der Waals surface area contributed by atoms with Crippen LogP contribution in [0.2, 0.25) is 0 Å². The summed E-state index contributed by atoms with van der Waals surface area (Å²) in [5.41, 5.74) is 0.133. The molecule has 0 unspecified atom stereocenters. The molecule has 42 heavy (non-hydrogen) atoms. The zero-order valence-corrected chi connectivity index (χ0v) is 23.2. The number of imide groups is 1. The van der Waals surface area contributed by atoms with Crippen LogP contribution in [0.1, 0.15) is 58.2 Å². The van der Waals surface area contributed by atoms with Crippen molar-refractivity contribution in [3.63, 3.8) is 0 Å². The maximum Gasteiger partial charge on any atom is 0.338 e. The van der Waals surface area contributed by atoms with Crippen molar-refractivity contribution < 1.29 is 46.7 Å². The first-order chi connectivity index (χ1) is 20.0. The molecular weight excluding hydrogens is 566 g/mol. The van der Waals surface area contributed by atoms with E-state index in [-0.39, 0.29) is 22.3 Å². The summed E-state index contributed by atoms with van der Waals surface area (Å²) >= 11 is 0. The Morgan fingerprint density at radius 1 is 0.714 bits per heavy atom. The Balaban J connectivity index is 1.50. The molecule has 0 fully saturated rings. The fraction of sp³-hybridized carbons (Fsp3) is 0.200. The van der Waals surface area contributed by atoms with Gasteiger partial charge in [0.1, 0.15) is 15.9 Å². The van der Waals surface area contributed by atoms with E-state index in [2.05, 4.69) is 0 Å². The smallest absolute Gasteiger partial charge is 0.338 e. The number of Topliss-reactive ketones (excluding diaryl/α,β-unsaturated/α-hetero) is 2. The average molecular weight is 592 g/mol. The number of fused-ring (bicyclic) bond motifs is 1. The van der Waals surface area contributed by atoms with Crippen molar-refractivity contribution in [2.75, 3.05) is 25.2 Å². The Bertz CT molecular complexity index is 1670. The maximum absolute atomic E-state index is 13.3. The van der Waals surface area contributed by atoms with Crippen molar-refractivity contribution in [2.45, 2.75) is 12.5 Å². The van der Waals surface area contributed by atoms with E-state index in [1.165, 1.54) is 24.3 Å². The van der Waals surface area contributed by atoms with Crippen LogP contribution in [0, 0.1) is 0 Å². The molecule has 0 bridgehead atoms. The summed E-state index contributed by atoms with van der Waals surface area (Å²) in [7, 11) is -3.62. The van der Waals surface area contributed by atoms with Crippen LogP contribution in [0.4, 0.5) is 0 Å². The Kier molecular flexibility index (Phi) is 9.06. The van der Waals surface area contributed by atoms with Gasteiger partial charge in [-0.15, -0.1) is 0 Å². The number of benzene rings is 3. The fourth-order valence-electron chi connectivity index (χ4n) is 4.21. The minimum atomic E-state index is -3.62. The van der Waals surface area contributed by atoms with E-state index >= 15 is 0 Å². The zero-order chi connectivity index (χ0) is 30.4. The van der Waals surface area contributed by atoms with Gasteiger partial charge in [-0.1, -0.05) is 60.7 Å². The van der Waals surface area contributed by atoms with Gasteiger partial charge in [0.25, 0.3) is 11.8 Å². The molecule has 0 saturated carbocycles.